The highest BCUT2D eigenvalue weighted by atomic mass is 32.2. The number of carbonyl (C=O) groups is 2. The van der Waals surface area contributed by atoms with Crippen molar-refractivity contribution in [1.82, 2.24) is 0 Å². The van der Waals surface area contributed by atoms with Crippen molar-refractivity contribution < 1.29 is 32.0 Å². The van der Waals surface area contributed by atoms with Gasteiger partial charge in [0.05, 0.1) is 19.6 Å². The molecule has 250 valence electrons. The summed E-state index contributed by atoms with van der Waals surface area (Å²) < 4.78 is 43.1. The van der Waals surface area contributed by atoms with Crippen LogP contribution in [0.15, 0.2) is 0 Å². The van der Waals surface area contributed by atoms with Crippen LogP contribution in [0.1, 0.15) is 187 Å². The molecule has 0 fully saturated rings. The molecule has 0 aliphatic rings. The van der Waals surface area contributed by atoms with Gasteiger partial charge in [-0.25, -0.2) is 0 Å². The zero-order chi connectivity index (χ0) is 31.2. The molecular formula is C34H66O7S. The summed E-state index contributed by atoms with van der Waals surface area (Å²) in [5, 5.41) is -1.93. The molecule has 0 bridgehead atoms. The minimum absolute atomic E-state index is 0.0800. The summed E-state index contributed by atoms with van der Waals surface area (Å²) in [6.45, 7) is 4.74. The Labute approximate surface area is 259 Å². The quantitative estimate of drug-likeness (QED) is 0.0454. The third-order valence-corrected chi connectivity index (χ3v) is 9.06. The van der Waals surface area contributed by atoms with Gasteiger partial charge in [-0.1, -0.05) is 168 Å². The predicted molar refractivity (Wildman–Crippen MR) is 173 cm³/mol. The molecule has 0 rings (SSSR count). The summed E-state index contributed by atoms with van der Waals surface area (Å²) in [6, 6.07) is 0. The van der Waals surface area contributed by atoms with Crippen LogP contribution < -0.4 is 0 Å². The van der Waals surface area contributed by atoms with E-state index in [1.807, 2.05) is 0 Å². The molecule has 0 aliphatic heterocycles. The average molecular weight is 619 g/mol. The topological polar surface area (TPSA) is 107 Å². The first-order valence-corrected chi connectivity index (χ1v) is 19.1. The van der Waals surface area contributed by atoms with Gasteiger partial charge in [0.2, 0.25) is 0 Å². The van der Waals surface area contributed by atoms with Crippen LogP contribution in [0.4, 0.5) is 0 Å². The predicted octanol–water partition coefficient (Wildman–Crippen LogP) is 9.90. The average Bonchev–Trinajstić information content (AvgIpc) is 2.95. The van der Waals surface area contributed by atoms with Gasteiger partial charge in [0.1, 0.15) is 0 Å². The van der Waals surface area contributed by atoms with Crippen molar-refractivity contribution in [2.45, 2.75) is 192 Å². The monoisotopic (exact) mass is 618 g/mol. The van der Waals surface area contributed by atoms with Gasteiger partial charge in [-0.3, -0.25) is 14.1 Å². The molecule has 1 N–H and O–H groups in total. The lowest BCUT2D eigenvalue weighted by Crippen LogP contribution is -2.34. The summed E-state index contributed by atoms with van der Waals surface area (Å²) in [6.07, 6.45) is 30.5. The van der Waals surface area contributed by atoms with E-state index in [0.29, 0.717) is 12.8 Å². The summed E-state index contributed by atoms with van der Waals surface area (Å²) in [5.41, 5.74) is 0. The lowest BCUT2D eigenvalue weighted by molar-refractivity contribution is -0.150. The van der Waals surface area contributed by atoms with Gasteiger partial charge in [0, 0.05) is 0 Å². The van der Waals surface area contributed by atoms with E-state index < -0.39 is 33.7 Å². The maximum Gasteiger partial charge on any atom is 0.327 e. The van der Waals surface area contributed by atoms with Gasteiger partial charge in [-0.2, -0.15) is 8.42 Å². The Morgan fingerprint density at radius 3 is 1.10 bits per heavy atom. The Morgan fingerprint density at radius 2 is 0.786 bits per heavy atom. The molecule has 1 unspecified atom stereocenters. The van der Waals surface area contributed by atoms with Gasteiger partial charge in [0.15, 0.2) is 5.25 Å². The van der Waals surface area contributed by atoms with Gasteiger partial charge in [-0.05, 0) is 12.8 Å². The molecule has 0 heterocycles. The van der Waals surface area contributed by atoms with Crippen LogP contribution >= 0.6 is 0 Å². The highest BCUT2D eigenvalue weighted by Crippen LogP contribution is 2.15. The van der Waals surface area contributed by atoms with Gasteiger partial charge in [-0.15, -0.1) is 0 Å². The van der Waals surface area contributed by atoms with E-state index in [0.717, 1.165) is 32.1 Å². The molecule has 42 heavy (non-hydrogen) atoms. The maximum atomic E-state index is 12.3. The lowest BCUT2D eigenvalue weighted by Gasteiger charge is -2.13. The SMILES string of the molecule is CCCCCCCCCCCCCCCOC(=O)CC(C(=O)OCCCCCCCCCCCCCCC)S(=O)(=O)O. The second-order valence-electron chi connectivity index (χ2n) is 12.1. The smallest absolute Gasteiger partial charge is 0.327 e. The van der Waals surface area contributed by atoms with Gasteiger partial charge >= 0.3 is 11.9 Å². The number of hydrogen-bond donors (Lipinski definition) is 1. The fraction of sp³-hybridized carbons (Fsp3) is 0.941. The molecule has 0 saturated heterocycles. The van der Waals surface area contributed by atoms with E-state index in [4.69, 9.17) is 9.47 Å². The third kappa shape index (κ3) is 27.7. The second kappa shape index (κ2) is 29.9. The fourth-order valence-electron chi connectivity index (χ4n) is 5.21. The molecule has 0 saturated carbocycles. The summed E-state index contributed by atoms with van der Waals surface area (Å²) >= 11 is 0. The summed E-state index contributed by atoms with van der Waals surface area (Å²) in [7, 11) is -4.76. The Morgan fingerprint density at radius 1 is 0.500 bits per heavy atom. The Hall–Kier alpha value is -1.15. The molecule has 8 heteroatoms. The first-order chi connectivity index (χ1) is 20.3. The number of carbonyl (C=O) groups excluding carboxylic acids is 2. The molecule has 0 aromatic heterocycles. The molecule has 7 nitrogen and oxygen atoms in total. The molecule has 0 radical (unpaired) electrons. The van der Waals surface area contributed by atoms with Gasteiger partial charge in [0.25, 0.3) is 10.1 Å². The van der Waals surface area contributed by atoms with E-state index in [1.165, 1.54) is 122 Å². The van der Waals surface area contributed by atoms with Crippen LogP contribution in [0.2, 0.25) is 0 Å². The molecule has 1 atom stereocenters. The molecular weight excluding hydrogens is 552 g/mol. The highest BCUT2D eigenvalue weighted by molar-refractivity contribution is 7.87. The lowest BCUT2D eigenvalue weighted by atomic mass is 10.0. The van der Waals surface area contributed by atoms with Crippen molar-refractivity contribution in [3.8, 4) is 0 Å². The number of esters is 2. The van der Waals surface area contributed by atoms with E-state index in [9.17, 15) is 22.6 Å². The molecule has 0 spiro atoms. The van der Waals surface area contributed by atoms with Crippen LogP contribution in [0.3, 0.4) is 0 Å². The Bertz CT molecular complexity index is 723. The largest absolute Gasteiger partial charge is 0.466 e. The molecule has 0 aromatic rings. The zero-order valence-corrected chi connectivity index (χ0v) is 28.2. The first-order valence-electron chi connectivity index (χ1n) is 17.6. The Balaban J connectivity index is 3.81. The van der Waals surface area contributed by atoms with Crippen molar-refractivity contribution in [3.05, 3.63) is 0 Å². The van der Waals surface area contributed by atoms with Crippen LogP contribution in [-0.4, -0.2) is 43.4 Å². The normalized spacial score (nSPS) is 12.4. The molecule has 0 aromatic carbocycles. The fourth-order valence-corrected chi connectivity index (χ4v) is 5.87. The summed E-state index contributed by atoms with van der Waals surface area (Å²) in [5.74, 6) is -1.90. The molecule has 0 aliphatic carbocycles. The van der Waals surface area contributed by atoms with E-state index in [2.05, 4.69) is 13.8 Å². The van der Waals surface area contributed by atoms with Crippen LogP contribution in [0, 0.1) is 0 Å². The maximum absolute atomic E-state index is 12.3. The Kier molecular flexibility index (Phi) is 29.1. The first kappa shape index (κ1) is 40.9. The second-order valence-corrected chi connectivity index (χ2v) is 13.7. The van der Waals surface area contributed by atoms with Crippen molar-refractivity contribution >= 4 is 22.1 Å². The number of unbranched alkanes of at least 4 members (excludes halogenated alkanes) is 24. The van der Waals surface area contributed by atoms with Gasteiger partial charge < -0.3 is 9.47 Å². The van der Waals surface area contributed by atoms with E-state index in [-0.39, 0.29) is 13.2 Å². The van der Waals surface area contributed by atoms with Crippen molar-refractivity contribution in [3.63, 3.8) is 0 Å². The van der Waals surface area contributed by atoms with Crippen LogP contribution in [0.5, 0.6) is 0 Å². The van der Waals surface area contributed by atoms with Crippen LogP contribution in [-0.2, 0) is 29.2 Å². The van der Waals surface area contributed by atoms with E-state index in [1.54, 1.807) is 0 Å². The number of rotatable bonds is 32. The standard InChI is InChI=1S/C34H66O7S/c1-3-5-7-9-11-13-15-17-19-21-23-25-27-29-40-33(35)31-32(42(37,38)39)34(36)41-30-28-26-24-22-20-18-16-14-12-10-8-6-4-2/h32H,3-31H2,1-2H3,(H,37,38,39). The van der Waals surface area contributed by atoms with E-state index >= 15 is 0 Å². The number of ether oxygens (including phenoxy) is 2. The number of hydrogen-bond acceptors (Lipinski definition) is 6. The van der Waals surface area contributed by atoms with Crippen LogP contribution in [0.25, 0.3) is 0 Å². The molecule has 0 amide bonds. The third-order valence-electron chi connectivity index (χ3n) is 7.98. The van der Waals surface area contributed by atoms with Crippen molar-refractivity contribution in [2.24, 2.45) is 0 Å². The van der Waals surface area contributed by atoms with Crippen molar-refractivity contribution in [2.75, 3.05) is 13.2 Å². The minimum Gasteiger partial charge on any atom is -0.466 e. The van der Waals surface area contributed by atoms with Crippen molar-refractivity contribution in [1.29, 1.82) is 0 Å². The zero-order valence-electron chi connectivity index (χ0n) is 27.4. The minimum atomic E-state index is -4.76. The summed E-state index contributed by atoms with van der Waals surface area (Å²) in [4.78, 5) is 24.4. The highest BCUT2D eigenvalue weighted by Gasteiger charge is 2.35.